The van der Waals surface area contributed by atoms with Crippen molar-refractivity contribution < 1.29 is 28.6 Å². The van der Waals surface area contributed by atoms with Gasteiger partial charge in [0, 0.05) is 19.3 Å². The molecule has 0 rings (SSSR count). The van der Waals surface area contributed by atoms with Gasteiger partial charge in [-0.1, -0.05) is 263 Å². The molecule has 6 nitrogen and oxygen atoms in total. The van der Waals surface area contributed by atoms with Crippen LogP contribution in [0.25, 0.3) is 0 Å². The van der Waals surface area contributed by atoms with Gasteiger partial charge in [0.15, 0.2) is 6.10 Å². The zero-order chi connectivity index (χ0) is 46.5. The van der Waals surface area contributed by atoms with Crippen LogP contribution < -0.4 is 0 Å². The molecule has 64 heavy (non-hydrogen) atoms. The van der Waals surface area contributed by atoms with E-state index in [2.05, 4.69) is 45.1 Å². The second kappa shape index (κ2) is 53.5. The Balaban J connectivity index is 4.34. The van der Waals surface area contributed by atoms with Crippen molar-refractivity contribution in [3.63, 3.8) is 0 Å². The average molecular weight is 901 g/mol. The van der Waals surface area contributed by atoms with E-state index in [4.69, 9.17) is 14.2 Å². The number of hydrogen-bond acceptors (Lipinski definition) is 6. The Labute approximate surface area is 398 Å². The van der Waals surface area contributed by atoms with E-state index in [9.17, 15) is 14.4 Å². The lowest BCUT2D eigenvalue weighted by molar-refractivity contribution is -0.167. The highest BCUT2D eigenvalue weighted by atomic mass is 16.6. The number of carbonyl (C=O) groups excluding carboxylic acids is 3. The van der Waals surface area contributed by atoms with Crippen LogP contribution in [0.4, 0.5) is 0 Å². The van der Waals surface area contributed by atoms with Gasteiger partial charge < -0.3 is 14.2 Å². The number of carbonyl (C=O) groups is 3. The minimum Gasteiger partial charge on any atom is -0.462 e. The molecule has 0 radical (unpaired) electrons. The van der Waals surface area contributed by atoms with E-state index in [1.807, 2.05) is 0 Å². The lowest BCUT2D eigenvalue weighted by atomic mass is 10.0. The lowest BCUT2D eigenvalue weighted by Gasteiger charge is -2.18. The fraction of sp³-hybridized carbons (Fsp3) is 0.879. The van der Waals surface area contributed by atoms with Crippen LogP contribution in [-0.4, -0.2) is 37.2 Å². The number of esters is 3. The van der Waals surface area contributed by atoms with E-state index < -0.39 is 6.10 Å². The molecule has 0 unspecified atom stereocenters. The van der Waals surface area contributed by atoms with Crippen LogP contribution in [0.3, 0.4) is 0 Å². The second-order valence-electron chi connectivity index (χ2n) is 19.2. The third kappa shape index (κ3) is 50.9. The molecule has 6 heteroatoms. The number of allylic oxidation sites excluding steroid dienone is 4. The first-order valence-electron chi connectivity index (χ1n) is 28.3. The van der Waals surface area contributed by atoms with Crippen molar-refractivity contribution in [3.05, 3.63) is 24.3 Å². The topological polar surface area (TPSA) is 78.9 Å². The SMILES string of the molecule is CCCCC/C=C/C/C=C/CCCCCCCC(=O)O[C@H](COC(=O)CCCCCCCCCCCCCCCC)COC(=O)CCCCCCCCCCCCCCCCCCC. The van der Waals surface area contributed by atoms with E-state index in [1.165, 1.54) is 193 Å². The number of ether oxygens (including phenoxy) is 3. The van der Waals surface area contributed by atoms with Crippen molar-refractivity contribution in [1.82, 2.24) is 0 Å². The van der Waals surface area contributed by atoms with Gasteiger partial charge >= 0.3 is 17.9 Å². The maximum atomic E-state index is 12.8. The highest BCUT2D eigenvalue weighted by Gasteiger charge is 2.19. The fourth-order valence-electron chi connectivity index (χ4n) is 8.42. The maximum absolute atomic E-state index is 12.8. The number of unbranched alkanes of at least 4 members (excludes halogenated alkanes) is 37. The number of rotatable bonds is 52. The summed E-state index contributed by atoms with van der Waals surface area (Å²) in [6, 6.07) is 0. The molecular formula is C58H108O6. The first kappa shape index (κ1) is 61.9. The molecule has 0 spiro atoms. The monoisotopic (exact) mass is 901 g/mol. The Kier molecular flexibility index (Phi) is 51.7. The summed E-state index contributed by atoms with van der Waals surface area (Å²) in [6.45, 7) is 6.65. The molecule has 1 atom stereocenters. The normalized spacial score (nSPS) is 12.1. The molecule has 0 amide bonds. The standard InChI is InChI=1S/C58H108O6/c1-4-7-10-13-16-19-22-25-28-29-31-33-36-39-42-45-48-51-57(60)63-54-55(53-62-56(59)50-47-44-41-38-35-32-27-24-21-18-15-12-9-6-3)64-58(61)52-49-46-43-40-37-34-30-26-23-20-17-14-11-8-5-2/h17,20,26,30,55H,4-16,18-19,21-25,27-29,31-54H2,1-3H3/b20-17+,30-26+/t55-/m1/s1. The van der Waals surface area contributed by atoms with E-state index >= 15 is 0 Å². The number of hydrogen-bond donors (Lipinski definition) is 0. The molecular weight excluding hydrogens is 793 g/mol. The summed E-state index contributed by atoms with van der Waals surface area (Å²) in [6.07, 6.45) is 61.6. The molecule has 0 aromatic carbocycles. The van der Waals surface area contributed by atoms with E-state index in [0.717, 1.165) is 77.0 Å². The Morgan fingerprint density at radius 2 is 0.562 bits per heavy atom. The molecule has 376 valence electrons. The summed E-state index contributed by atoms with van der Waals surface area (Å²) in [4.78, 5) is 38.1. The van der Waals surface area contributed by atoms with Gasteiger partial charge in [-0.25, -0.2) is 0 Å². The predicted octanol–water partition coefficient (Wildman–Crippen LogP) is 18.7. The van der Waals surface area contributed by atoms with Gasteiger partial charge in [0.2, 0.25) is 0 Å². The van der Waals surface area contributed by atoms with Gasteiger partial charge in [-0.15, -0.1) is 0 Å². The van der Waals surface area contributed by atoms with Crippen LogP contribution >= 0.6 is 0 Å². The first-order valence-corrected chi connectivity index (χ1v) is 28.3. The summed E-state index contributed by atoms with van der Waals surface area (Å²) >= 11 is 0. The molecule has 0 fully saturated rings. The molecule has 0 N–H and O–H groups in total. The summed E-state index contributed by atoms with van der Waals surface area (Å²) < 4.78 is 16.9. The Morgan fingerprint density at radius 3 is 0.891 bits per heavy atom. The highest BCUT2D eigenvalue weighted by molar-refractivity contribution is 5.71. The second-order valence-corrected chi connectivity index (χ2v) is 19.2. The van der Waals surface area contributed by atoms with Gasteiger partial charge in [-0.3, -0.25) is 14.4 Å². The van der Waals surface area contributed by atoms with Crippen LogP contribution in [-0.2, 0) is 28.6 Å². The summed E-state index contributed by atoms with van der Waals surface area (Å²) in [5.74, 6) is -0.865. The average Bonchev–Trinajstić information content (AvgIpc) is 3.29. The van der Waals surface area contributed by atoms with Crippen LogP contribution in [0.5, 0.6) is 0 Å². The molecule has 0 bridgehead atoms. The third-order valence-corrected chi connectivity index (χ3v) is 12.7. The molecule has 0 aliphatic heterocycles. The van der Waals surface area contributed by atoms with E-state index in [0.29, 0.717) is 19.3 Å². The van der Waals surface area contributed by atoms with Crippen molar-refractivity contribution >= 4 is 17.9 Å². The molecule has 0 aromatic rings. The van der Waals surface area contributed by atoms with Crippen molar-refractivity contribution in [2.75, 3.05) is 13.2 Å². The van der Waals surface area contributed by atoms with Crippen molar-refractivity contribution in [3.8, 4) is 0 Å². The quantitative estimate of drug-likeness (QED) is 0.0262. The van der Waals surface area contributed by atoms with Crippen molar-refractivity contribution in [2.45, 2.75) is 316 Å². The molecule has 0 saturated heterocycles. The molecule has 0 aliphatic rings. The van der Waals surface area contributed by atoms with E-state index in [-0.39, 0.29) is 31.1 Å². The van der Waals surface area contributed by atoms with Gasteiger partial charge in [0.05, 0.1) is 0 Å². The summed E-state index contributed by atoms with van der Waals surface area (Å²) in [5, 5.41) is 0. The molecule has 0 saturated carbocycles. The Bertz CT molecular complexity index is 1040. The smallest absolute Gasteiger partial charge is 0.306 e. The minimum atomic E-state index is -0.773. The molecule has 0 heterocycles. The fourth-order valence-corrected chi connectivity index (χ4v) is 8.42. The van der Waals surface area contributed by atoms with Crippen LogP contribution in [0, 0.1) is 0 Å². The van der Waals surface area contributed by atoms with Crippen LogP contribution in [0.15, 0.2) is 24.3 Å². The van der Waals surface area contributed by atoms with Crippen LogP contribution in [0.2, 0.25) is 0 Å². The highest BCUT2D eigenvalue weighted by Crippen LogP contribution is 2.17. The zero-order valence-electron chi connectivity index (χ0n) is 43.1. The van der Waals surface area contributed by atoms with Gasteiger partial charge in [-0.05, 0) is 51.4 Å². The first-order chi connectivity index (χ1) is 31.5. The van der Waals surface area contributed by atoms with Crippen molar-refractivity contribution in [1.29, 1.82) is 0 Å². The summed E-state index contributed by atoms with van der Waals surface area (Å²) in [7, 11) is 0. The van der Waals surface area contributed by atoms with Gasteiger partial charge in [0.1, 0.15) is 13.2 Å². The zero-order valence-corrected chi connectivity index (χ0v) is 43.1. The third-order valence-electron chi connectivity index (χ3n) is 12.7. The van der Waals surface area contributed by atoms with Gasteiger partial charge in [-0.2, -0.15) is 0 Å². The van der Waals surface area contributed by atoms with Crippen LogP contribution in [0.1, 0.15) is 310 Å². The molecule has 0 aliphatic carbocycles. The minimum absolute atomic E-state index is 0.0716. The maximum Gasteiger partial charge on any atom is 0.306 e. The van der Waals surface area contributed by atoms with Crippen molar-refractivity contribution in [2.24, 2.45) is 0 Å². The van der Waals surface area contributed by atoms with Gasteiger partial charge in [0.25, 0.3) is 0 Å². The predicted molar refractivity (Wildman–Crippen MR) is 275 cm³/mol. The summed E-state index contributed by atoms with van der Waals surface area (Å²) in [5.41, 5.74) is 0. The molecule has 0 aromatic heterocycles. The largest absolute Gasteiger partial charge is 0.462 e. The van der Waals surface area contributed by atoms with E-state index in [1.54, 1.807) is 0 Å². The Morgan fingerprint density at radius 1 is 0.312 bits per heavy atom. The Hall–Kier alpha value is -2.11. The lowest BCUT2D eigenvalue weighted by Crippen LogP contribution is -2.30.